The molecule has 1 N–H and O–H groups in total. The Balaban J connectivity index is 1.60. The Morgan fingerprint density at radius 2 is 1.92 bits per heavy atom. The van der Waals surface area contributed by atoms with Crippen LogP contribution in [-0.2, 0) is 14.3 Å². The molecule has 1 aromatic heterocycles. The van der Waals surface area contributed by atoms with Crippen LogP contribution in [0.1, 0.15) is 44.2 Å². The smallest absolute Gasteiger partial charge is 0.246 e. The van der Waals surface area contributed by atoms with Gasteiger partial charge in [-0.05, 0) is 80.1 Å². The number of nitrogens with zero attached hydrogens (tertiary/aromatic N) is 3. The van der Waals surface area contributed by atoms with Crippen LogP contribution >= 0.6 is 0 Å². The molecule has 0 aliphatic carbocycles. The van der Waals surface area contributed by atoms with Crippen LogP contribution in [0.3, 0.4) is 0 Å². The fourth-order valence-electron chi connectivity index (χ4n) is 4.55. The fourth-order valence-corrected chi connectivity index (χ4v) is 4.55. The summed E-state index contributed by atoms with van der Waals surface area (Å²) >= 11 is 0. The second-order valence-corrected chi connectivity index (χ2v) is 10.4. The summed E-state index contributed by atoms with van der Waals surface area (Å²) in [6.45, 7) is 9.19. The van der Waals surface area contributed by atoms with Gasteiger partial charge in [0, 0.05) is 37.0 Å². The SMILES string of the molecule is COc1ccc(-c2cn(-c3ccc(C)c(C)c3)c(NC(=O)CN(CC3CCCO3)C(=O)CC(C)C)n2)cc1. The summed E-state index contributed by atoms with van der Waals surface area (Å²) in [4.78, 5) is 32.7. The number of nitrogens with one attached hydrogen (secondary N) is 1. The minimum atomic E-state index is -0.294. The molecule has 1 atom stereocenters. The zero-order chi connectivity index (χ0) is 27.2. The fraction of sp³-hybridized carbons (Fsp3) is 0.433. The third kappa shape index (κ3) is 6.81. The lowest BCUT2D eigenvalue weighted by Crippen LogP contribution is -2.42. The summed E-state index contributed by atoms with van der Waals surface area (Å²) in [7, 11) is 1.63. The number of carbonyl (C=O) groups excluding carboxylic acids is 2. The molecule has 0 radical (unpaired) electrons. The van der Waals surface area contributed by atoms with E-state index in [1.807, 2.05) is 54.9 Å². The molecule has 0 saturated carbocycles. The summed E-state index contributed by atoms with van der Waals surface area (Å²) < 4.78 is 12.9. The number of hydrogen-bond donors (Lipinski definition) is 1. The van der Waals surface area contributed by atoms with Crippen molar-refractivity contribution < 1.29 is 19.1 Å². The van der Waals surface area contributed by atoms with Gasteiger partial charge in [0.2, 0.25) is 17.8 Å². The largest absolute Gasteiger partial charge is 0.497 e. The first kappa shape index (κ1) is 27.4. The Kier molecular flexibility index (Phi) is 8.84. The monoisotopic (exact) mass is 518 g/mol. The van der Waals surface area contributed by atoms with Gasteiger partial charge in [-0.25, -0.2) is 4.98 Å². The molecule has 1 aliphatic rings. The molecule has 4 rings (SSSR count). The maximum absolute atomic E-state index is 13.3. The Hall–Kier alpha value is -3.65. The van der Waals surface area contributed by atoms with Crippen molar-refractivity contribution in [3.63, 3.8) is 0 Å². The average Bonchev–Trinajstić information content (AvgIpc) is 3.55. The number of carbonyl (C=O) groups is 2. The first-order valence-corrected chi connectivity index (χ1v) is 13.2. The Morgan fingerprint density at radius 1 is 1.16 bits per heavy atom. The highest BCUT2D eigenvalue weighted by molar-refractivity contribution is 5.94. The van der Waals surface area contributed by atoms with Crippen LogP contribution in [0.15, 0.2) is 48.7 Å². The second kappa shape index (κ2) is 12.3. The van der Waals surface area contributed by atoms with Crippen molar-refractivity contribution >= 4 is 17.8 Å². The van der Waals surface area contributed by atoms with Crippen LogP contribution < -0.4 is 10.1 Å². The molecule has 2 aromatic carbocycles. The van der Waals surface area contributed by atoms with Crippen LogP contribution in [0.25, 0.3) is 16.9 Å². The van der Waals surface area contributed by atoms with Crippen molar-refractivity contribution in [3.05, 3.63) is 59.8 Å². The van der Waals surface area contributed by atoms with Crippen LogP contribution in [0, 0.1) is 19.8 Å². The minimum absolute atomic E-state index is 0.0295. The Bertz CT molecular complexity index is 1260. The van der Waals surface area contributed by atoms with E-state index in [0.29, 0.717) is 31.2 Å². The topological polar surface area (TPSA) is 85.7 Å². The first-order valence-electron chi connectivity index (χ1n) is 13.2. The van der Waals surface area contributed by atoms with Gasteiger partial charge in [0.05, 0.1) is 18.9 Å². The zero-order valence-corrected chi connectivity index (χ0v) is 23.0. The molecule has 1 unspecified atom stereocenters. The number of anilines is 1. The quantitative estimate of drug-likeness (QED) is 0.401. The predicted molar refractivity (Wildman–Crippen MR) is 149 cm³/mol. The number of methoxy groups -OCH3 is 1. The average molecular weight is 519 g/mol. The van der Waals surface area contributed by atoms with Crippen molar-refractivity contribution in [2.75, 3.05) is 32.1 Å². The molecule has 8 nitrogen and oxygen atoms in total. The van der Waals surface area contributed by atoms with Crippen molar-refractivity contribution in [3.8, 4) is 22.7 Å². The van der Waals surface area contributed by atoms with Gasteiger partial charge in [-0.1, -0.05) is 19.9 Å². The molecule has 1 aliphatic heterocycles. The molecule has 202 valence electrons. The predicted octanol–water partition coefficient (Wildman–Crippen LogP) is 5.16. The lowest BCUT2D eigenvalue weighted by atomic mass is 10.1. The zero-order valence-electron chi connectivity index (χ0n) is 23.0. The van der Waals surface area contributed by atoms with Crippen LogP contribution in [0.2, 0.25) is 0 Å². The number of benzene rings is 2. The highest BCUT2D eigenvalue weighted by atomic mass is 16.5. The molecule has 8 heteroatoms. The van der Waals surface area contributed by atoms with Crippen LogP contribution in [0.4, 0.5) is 5.95 Å². The van der Waals surface area contributed by atoms with Gasteiger partial charge in [0.25, 0.3) is 0 Å². The lowest BCUT2D eigenvalue weighted by molar-refractivity contribution is -0.136. The highest BCUT2D eigenvalue weighted by Crippen LogP contribution is 2.27. The van der Waals surface area contributed by atoms with Gasteiger partial charge in [-0.15, -0.1) is 0 Å². The highest BCUT2D eigenvalue weighted by Gasteiger charge is 2.25. The first-order chi connectivity index (χ1) is 18.2. The summed E-state index contributed by atoms with van der Waals surface area (Å²) in [6.07, 6.45) is 4.15. The van der Waals surface area contributed by atoms with Crippen molar-refractivity contribution in [1.82, 2.24) is 14.5 Å². The van der Waals surface area contributed by atoms with Crippen molar-refractivity contribution in [1.29, 1.82) is 0 Å². The number of imidazole rings is 1. The summed E-state index contributed by atoms with van der Waals surface area (Å²) in [6, 6.07) is 13.8. The lowest BCUT2D eigenvalue weighted by Gasteiger charge is -2.25. The molecule has 2 heterocycles. The Labute approximate surface area is 225 Å². The molecule has 1 saturated heterocycles. The third-order valence-electron chi connectivity index (χ3n) is 6.83. The standard InChI is InChI=1S/C30H38N4O4/c1-20(2)15-29(36)33(17-26-7-6-14-38-26)19-28(35)32-30-31-27(23-9-12-25(37-5)13-10-23)18-34(30)24-11-8-21(3)22(4)16-24/h8-13,16,18,20,26H,6-7,14-15,17,19H2,1-5H3,(H,31,32,35). The normalized spacial score (nSPS) is 15.1. The van der Waals surface area contributed by atoms with E-state index in [0.717, 1.165) is 35.4 Å². The molecule has 1 fully saturated rings. The van der Waals surface area contributed by atoms with E-state index in [2.05, 4.69) is 31.3 Å². The molecule has 3 aromatic rings. The van der Waals surface area contributed by atoms with E-state index in [1.165, 1.54) is 5.56 Å². The molecule has 2 amide bonds. The van der Waals surface area contributed by atoms with Gasteiger partial charge < -0.3 is 14.4 Å². The van der Waals surface area contributed by atoms with Crippen molar-refractivity contribution in [2.45, 2.75) is 53.1 Å². The van der Waals surface area contributed by atoms with Gasteiger partial charge in [0.1, 0.15) is 12.3 Å². The maximum Gasteiger partial charge on any atom is 0.246 e. The number of aromatic nitrogens is 2. The number of hydrogen-bond acceptors (Lipinski definition) is 5. The third-order valence-corrected chi connectivity index (χ3v) is 6.83. The molecule has 0 bridgehead atoms. The number of aryl methyl sites for hydroxylation is 2. The molecule has 38 heavy (non-hydrogen) atoms. The maximum atomic E-state index is 13.3. The van der Waals surface area contributed by atoms with E-state index in [-0.39, 0.29) is 30.4 Å². The van der Waals surface area contributed by atoms with E-state index in [9.17, 15) is 9.59 Å². The van der Waals surface area contributed by atoms with E-state index in [1.54, 1.807) is 12.0 Å². The van der Waals surface area contributed by atoms with Gasteiger partial charge >= 0.3 is 0 Å². The summed E-state index contributed by atoms with van der Waals surface area (Å²) in [5.41, 5.74) is 4.83. The Morgan fingerprint density at radius 3 is 2.55 bits per heavy atom. The van der Waals surface area contributed by atoms with E-state index < -0.39 is 0 Å². The number of rotatable bonds is 10. The summed E-state index contributed by atoms with van der Waals surface area (Å²) in [5, 5.41) is 2.97. The minimum Gasteiger partial charge on any atom is -0.497 e. The summed E-state index contributed by atoms with van der Waals surface area (Å²) in [5.74, 6) is 1.03. The van der Waals surface area contributed by atoms with Gasteiger partial charge in [-0.3, -0.25) is 19.5 Å². The van der Waals surface area contributed by atoms with E-state index in [4.69, 9.17) is 14.5 Å². The van der Waals surface area contributed by atoms with Crippen LogP contribution in [-0.4, -0.2) is 59.2 Å². The van der Waals surface area contributed by atoms with Gasteiger partial charge in [0.15, 0.2) is 0 Å². The van der Waals surface area contributed by atoms with Crippen LogP contribution in [0.5, 0.6) is 5.75 Å². The van der Waals surface area contributed by atoms with E-state index >= 15 is 0 Å². The van der Waals surface area contributed by atoms with Crippen molar-refractivity contribution in [2.24, 2.45) is 5.92 Å². The second-order valence-electron chi connectivity index (χ2n) is 10.4. The molecular formula is C30H38N4O4. The number of ether oxygens (including phenoxy) is 2. The van der Waals surface area contributed by atoms with Gasteiger partial charge in [-0.2, -0.15) is 0 Å². The molecule has 0 spiro atoms. The molecular weight excluding hydrogens is 480 g/mol. The number of amides is 2.